The Morgan fingerprint density at radius 2 is 2.00 bits per heavy atom. The fraction of sp³-hybridized carbons (Fsp3) is 0.500. The van der Waals surface area contributed by atoms with Crippen molar-refractivity contribution in [2.24, 2.45) is 5.92 Å². The highest BCUT2D eigenvalue weighted by atomic mass is 16.5. The largest absolute Gasteiger partial charge is 0.479 e. The third kappa shape index (κ3) is 4.37. The molecule has 1 atom stereocenters. The number of aliphatic hydroxyl groups is 1. The molecule has 1 aromatic carbocycles. The van der Waals surface area contributed by atoms with E-state index in [1.807, 2.05) is 26.0 Å². The van der Waals surface area contributed by atoms with Crippen molar-refractivity contribution in [1.29, 1.82) is 0 Å². The number of aliphatic hydroxyl groups excluding tert-OH is 1. The van der Waals surface area contributed by atoms with E-state index in [0.717, 1.165) is 5.56 Å². The molecule has 0 aromatic heterocycles. The number of hydrogen-bond acceptors (Lipinski definition) is 3. The lowest BCUT2D eigenvalue weighted by Crippen LogP contribution is -2.29. The average Bonchev–Trinajstić information content (AvgIpc) is 2.30. The van der Waals surface area contributed by atoms with E-state index in [-0.39, 0.29) is 12.5 Å². The molecule has 0 aliphatic rings. The first-order valence-corrected chi connectivity index (χ1v) is 6.12. The third-order valence-corrected chi connectivity index (χ3v) is 2.58. The molecule has 0 amide bonds. The van der Waals surface area contributed by atoms with Crippen LogP contribution < -0.4 is 4.74 Å². The summed E-state index contributed by atoms with van der Waals surface area (Å²) < 4.78 is 5.56. The summed E-state index contributed by atoms with van der Waals surface area (Å²) in [6.45, 7) is 3.93. The molecule has 0 radical (unpaired) electrons. The summed E-state index contributed by atoms with van der Waals surface area (Å²) in [6.07, 6.45) is 0.0809. The van der Waals surface area contributed by atoms with Crippen LogP contribution in [0.25, 0.3) is 0 Å². The zero-order valence-corrected chi connectivity index (χ0v) is 10.8. The summed E-state index contributed by atoms with van der Waals surface area (Å²) in [7, 11) is 0. The van der Waals surface area contributed by atoms with E-state index in [1.54, 1.807) is 12.1 Å². The van der Waals surface area contributed by atoms with Crippen LogP contribution in [0.3, 0.4) is 0 Å². The molecule has 4 nitrogen and oxygen atoms in total. The van der Waals surface area contributed by atoms with Gasteiger partial charge in [-0.25, -0.2) is 4.79 Å². The second-order valence-corrected chi connectivity index (χ2v) is 4.66. The summed E-state index contributed by atoms with van der Waals surface area (Å²) in [4.78, 5) is 11.1. The van der Waals surface area contributed by atoms with Gasteiger partial charge in [0, 0.05) is 6.61 Å². The Kier molecular flexibility index (Phi) is 5.65. The van der Waals surface area contributed by atoms with Crippen molar-refractivity contribution < 1.29 is 19.7 Å². The average molecular weight is 252 g/mol. The second-order valence-electron chi connectivity index (χ2n) is 4.66. The van der Waals surface area contributed by atoms with Crippen LogP contribution >= 0.6 is 0 Å². The van der Waals surface area contributed by atoms with Crippen LogP contribution in [0.4, 0.5) is 0 Å². The number of aliphatic carboxylic acids is 1. The molecular weight excluding hydrogens is 232 g/mol. The molecule has 18 heavy (non-hydrogen) atoms. The fourth-order valence-corrected chi connectivity index (χ4v) is 1.73. The number of ether oxygens (including phenoxy) is 1. The SMILES string of the molecule is CC(C)C[C@@H](Oc1ccccc1CCO)C(=O)O. The Balaban J connectivity index is 2.82. The van der Waals surface area contributed by atoms with Gasteiger partial charge in [-0.1, -0.05) is 32.0 Å². The maximum atomic E-state index is 11.1. The minimum Gasteiger partial charge on any atom is -0.479 e. The van der Waals surface area contributed by atoms with Gasteiger partial charge in [0.1, 0.15) is 5.75 Å². The molecule has 0 unspecified atom stereocenters. The van der Waals surface area contributed by atoms with Crippen molar-refractivity contribution in [1.82, 2.24) is 0 Å². The summed E-state index contributed by atoms with van der Waals surface area (Å²) in [5.74, 6) is -0.168. The third-order valence-electron chi connectivity index (χ3n) is 2.58. The van der Waals surface area contributed by atoms with Crippen LogP contribution in [0.2, 0.25) is 0 Å². The highest BCUT2D eigenvalue weighted by Crippen LogP contribution is 2.21. The van der Waals surface area contributed by atoms with E-state index in [1.165, 1.54) is 0 Å². The van der Waals surface area contributed by atoms with E-state index in [0.29, 0.717) is 18.6 Å². The van der Waals surface area contributed by atoms with Crippen LogP contribution in [0.1, 0.15) is 25.8 Å². The Morgan fingerprint density at radius 3 is 2.56 bits per heavy atom. The number of carbonyl (C=O) groups is 1. The second kappa shape index (κ2) is 7.01. The van der Waals surface area contributed by atoms with Crippen molar-refractivity contribution in [3.8, 4) is 5.75 Å². The van der Waals surface area contributed by atoms with E-state index in [2.05, 4.69) is 0 Å². The van der Waals surface area contributed by atoms with Gasteiger partial charge in [-0.15, -0.1) is 0 Å². The maximum absolute atomic E-state index is 11.1. The van der Waals surface area contributed by atoms with Gasteiger partial charge in [-0.2, -0.15) is 0 Å². The number of hydrogen-bond donors (Lipinski definition) is 2. The topological polar surface area (TPSA) is 66.8 Å². The van der Waals surface area contributed by atoms with Gasteiger partial charge in [0.2, 0.25) is 0 Å². The minimum absolute atomic E-state index is 0.0162. The highest BCUT2D eigenvalue weighted by molar-refractivity contribution is 5.72. The van der Waals surface area contributed by atoms with Crippen molar-refractivity contribution in [3.05, 3.63) is 29.8 Å². The molecule has 0 aliphatic heterocycles. The summed E-state index contributed by atoms with van der Waals surface area (Å²) in [6, 6.07) is 7.21. The monoisotopic (exact) mass is 252 g/mol. The lowest BCUT2D eigenvalue weighted by molar-refractivity contribution is -0.145. The van der Waals surface area contributed by atoms with Crippen molar-refractivity contribution in [3.63, 3.8) is 0 Å². The Morgan fingerprint density at radius 1 is 1.33 bits per heavy atom. The Labute approximate surface area is 107 Å². The lowest BCUT2D eigenvalue weighted by Gasteiger charge is -2.18. The molecule has 0 aliphatic carbocycles. The van der Waals surface area contributed by atoms with Crippen molar-refractivity contribution in [2.45, 2.75) is 32.8 Å². The number of rotatable bonds is 7. The molecule has 0 heterocycles. The van der Waals surface area contributed by atoms with Crippen LogP contribution in [0, 0.1) is 5.92 Å². The van der Waals surface area contributed by atoms with E-state index in [9.17, 15) is 4.79 Å². The first kappa shape index (κ1) is 14.5. The van der Waals surface area contributed by atoms with Crippen LogP contribution in [-0.2, 0) is 11.2 Å². The molecule has 2 N–H and O–H groups in total. The fourth-order valence-electron chi connectivity index (χ4n) is 1.73. The van der Waals surface area contributed by atoms with Gasteiger partial charge in [0.25, 0.3) is 0 Å². The summed E-state index contributed by atoms with van der Waals surface area (Å²) >= 11 is 0. The van der Waals surface area contributed by atoms with Gasteiger partial charge >= 0.3 is 5.97 Å². The maximum Gasteiger partial charge on any atom is 0.344 e. The number of para-hydroxylation sites is 1. The summed E-state index contributed by atoms with van der Waals surface area (Å²) in [5.41, 5.74) is 0.829. The number of carboxylic acid groups (broad SMARTS) is 1. The Hall–Kier alpha value is -1.55. The highest BCUT2D eigenvalue weighted by Gasteiger charge is 2.21. The van der Waals surface area contributed by atoms with Gasteiger partial charge in [-0.3, -0.25) is 0 Å². The Bertz CT molecular complexity index is 387. The smallest absolute Gasteiger partial charge is 0.344 e. The van der Waals surface area contributed by atoms with Gasteiger partial charge in [0.05, 0.1) is 0 Å². The van der Waals surface area contributed by atoms with Crippen molar-refractivity contribution >= 4 is 5.97 Å². The van der Waals surface area contributed by atoms with E-state index < -0.39 is 12.1 Å². The zero-order chi connectivity index (χ0) is 13.5. The normalized spacial score (nSPS) is 12.4. The molecule has 1 aromatic rings. The zero-order valence-electron chi connectivity index (χ0n) is 10.8. The number of carboxylic acids is 1. The molecule has 0 spiro atoms. The number of benzene rings is 1. The minimum atomic E-state index is -0.956. The molecule has 4 heteroatoms. The predicted molar refractivity (Wildman–Crippen MR) is 68.7 cm³/mol. The lowest BCUT2D eigenvalue weighted by atomic mass is 10.1. The first-order chi connectivity index (χ1) is 8.54. The molecule has 100 valence electrons. The van der Waals surface area contributed by atoms with Crippen molar-refractivity contribution in [2.75, 3.05) is 6.61 Å². The van der Waals surface area contributed by atoms with Crippen LogP contribution in [0.15, 0.2) is 24.3 Å². The molecule has 1 rings (SSSR count). The molecule has 0 saturated heterocycles. The van der Waals surface area contributed by atoms with Crippen LogP contribution in [-0.4, -0.2) is 28.9 Å². The van der Waals surface area contributed by atoms with Gasteiger partial charge in [0.15, 0.2) is 6.10 Å². The van der Waals surface area contributed by atoms with E-state index in [4.69, 9.17) is 14.9 Å². The predicted octanol–water partition coefficient (Wildman–Crippen LogP) is 2.10. The summed E-state index contributed by atoms with van der Waals surface area (Å²) in [5, 5.41) is 18.1. The van der Waals surface area contributed by atoms with Crippen LogP contribution in [0.5, 0.6) is 5.75 Å². The molecular formula is C14H20O4. The van der Waals surface area contributed by atoms with Gasteiger partial charge < -0.3 is 14.9 Å². The molecule has 0 saturated carbocycles. The van der Waals surface area contributed by atoms with E-state index >= 15 is 0 Å². The molecule has 0 bridgehead atoms. The quantitative estimate of drug-likeness (QED) is 0.780. The van der Waals surface area contributed by atoms with Gasteiger partial charge in [-0.05, 0) is 30.4 Å². The first-order valence-electron chi connectivity index (χ1n) is 6.12. The molecule has 0 fully saturated rings. The standard InChI is InChI=1S/C14H20O4/c1-10(2)9-13(14(16)17)18-12-6-4-3-5-11(12)7-8-15/h3-6,10,13,15H,7-9H2,1-2H3,(H,16,17)/t13-/m1/s1.